The van der Waals surface area contributed by atoms with Gasteiger partial charge in [0, 0.05) is 24.1 Å². The summed E-state index contributed by atoms with van der Waals surface area (Å²) in [5.74, 6) is 2.29. The summed E-state index contributed by atoms with van der Waals surface area (Å²) < 4.78 is 17.5. The van der Waals surface area contributed by atoms with Crippen LogP contribution >= 0.6 is 0 Å². The molecule has 0 aromatic heterocycles. The van der Waals surface area contributed by atoms with Crippen LogP contribution in [0.4, 0.5) is 5.69 Å². The van der Waals surface area contributed by atoms with Crippen molar-refractivity contribution in [2.75, 3.05) is 25.1 Å². The van der Waals surface area contributed by atoms with Gasteiger partial charge in [-0.15, -0.1) is 0 Å². The number of hydrogen-bond acceptors (Lipinski definition) is 5. The summed E-state index contributed by atoms with van der Waals surface area (Å²) in [6.45, 7) is 6.39. The number of ether oxygens (including phenoxy) is 3. The lowest BCUT2D eigenvalue weighted by Gasteiger charge is -2.25. The van der Waals surface area contributed by atoms with Gasteiger partial charge in [0.15, 0.2) is 11.5 Å². The molecular weight excluding hydrogens is 330 g/mol. The molecule has 2 aromatic rings. The van der Waals surface area contributed by atoms with Crippen molar-refractivity contribution < 1.29 is 19.3 Å². The highest BCUT2D eigenvalue weighted by atomic mass is 16.5. The largest absolute Gasteiger partial charge is 0.491 e. The van der Waals surface area contributed by atoms with Gasteiger partial charge in [-0.2, -0.15) is 0 Å². The Morgan fingerprint density at radius 2 is 2.00 bits per heavy atom. The molecule has 1 heterocycles. The van der Waals surface area contributed by atoms with E-state index in [1.165, 1.54) is 0 Å². The summed E-state index contributed by atoms with van der Waals surface area (Å²) in [5.41, 5.74) is 2.75. The number of nitrogens with one attached hydrogen (secondary N) is 1. The number of para-hydroxylation sites is 2. The first-order valence-electron chi connectivity index (χ1n) is 9.29. The smallest absolute Gasteiger partial charge is 0.166 e. The lowest BCUT2D eigenvalue weighted by Crippen LogP contribution is -2.15. The van der Waals surface area contributed by atoms with Gasteiger partial charge in [0.05, 0.1) is 31.6 Å². The molecule has 2 aromatic carbocycles. The molecular formula is C21H27NO4. The number of anilines is 1. The molecule has 0 fully saturated rings. The van der Waals surface area contributed by atoms with E-state index in [0.717, 1.165) is 40.5 Å². The molecule has 0 saturated carbocycles. The minimum absolute atomic E-state index is 0.467. The van der Waals surface area contributed by atoms with E-state index in [9.17, 15) is 5.11 Å². The Morgan fingerprint density at radius 1 is 1.15 bits per heavy atom. The van der Waals surface area contributed by atoms with Gasteiger partial charge in [0.25, 0.3) is 0 Å². The van der Waals surface area contributed by atoms with E-state index in [1.807, 2.05) is 43.3 Å². The maximum atomic E-state index is 10.2. The Labute approximate surface area is 154 Å². The number of fused-ring (bicyclic) bond motifs is 1. The van der Waals surface area contributed by atoms with Crippen LogP contribution in [0.2, 0.25) is 0 Å². The van der Waals surface area contributed by atoms with Crippen molar-refractivity contribution in [2.45, 2.75) is 39.3 Å². The first-order valence-corrected chi connectivity index (χ1v) is 9.29. The second-order valence-electron chi connectivity index (χ2n) is 6.26. The maximum absolute atomic E-state index is 10.2. The Kier molecular flexibility index (Phi) is 6.23. The molecule has 1 aliphatic heterocycles. The third kappa shape index (κ3) is 4.05. The summed E-state index contributed by atoms with van der Waals surface area (Å²) in [4.78, 5) is 0. The predicted molar refractivity (Wildman–Crippen MR) is 102 cm³/mol. The van der Waals surface area contributed by atoms with E-state index in [4.69, 9.17) is 14.2 Å². The number of aliphatic hydroxyl groups excluding tert-OH is 1. The highest BCUT2D eigenvalue weighted by molar-refractivity contribution is 5.62. The molecule has 5 heteroatoms. The zero-order valence-electron chi connectivity index (χ0n) is 15.5. The van der Waals surface area contributed by atoms with Gasteiger partial charge < -0.3 is 24.6 Å². The van der Waals surface area contributed by atoms with E-state index < -0.39 is 6.10 Å². The molecule has 0 bridgehead atoms. The number of hydrogen-bond donors (Lipinski definition) is 2. The Balaban J connectivity index is 1.82. The van der Waals surface area contributed by atoms with Crippen LogP contribution < -0.4 is 19.5 Å². The molecule has 1 aliphatic rings. The van der Waals surface area contributed by atoms with Gasteiger partial charge in [-0.3, -0.25) is 0 Å². The fourth-order valence-electron chi connectivity index (χ4n) is 3.07. The second kappa shape index (κ2) is 8.81. The van der Waals surface area contributed by atoms with E-state index in [1.54, 1.807) is 0 Å². The molecule has 0 spiro atoms. The Morgan fingerprint density at radius 3 is 2.81 bits per heavy atom. The SMILES string of the molecule is CCCOc1c(CNc2cccc3c2OCCC3O)cccc1OCC. The Bertz CT molecular complexity index is 732. The van der Waals surface area contributed by atoms with Gasteiger partial charge >= 0.3 is 0 Å². The third-order valence-corrected chi connectivity index (χ3v) is 4.32. The van der Waals surface area contributed by atoms with Crippen LogP contribution in [0.3, 0.4) is 0 Å². The van der Waals surface area contributed by atoms with Crippen molar-refractivity contribution in [3.63, 3.8) is 0 Å². The topological polar surface area (TPSA) is 60.0 Å². The van der Waals surface area contributed by atoms with Crippen molar-refractivity contribution in [2.24, 2.45) is 0 Å². The molecule has 5 nitrogen and oxygen atoms in total. The molecule has 140 valence electrons. The number of rotatable bonds is 8. The van der Waals surface area contributed by atoms with E-state index in [-0.39, 0.29) is 0 Å². The average molecular weight is 357 g/mol. The zero-order chi connectivity index (χ0) is 18.4. The molecule has 3 rings (SSSR count). The monoisotopic (exact) mass is 357 g/mol. The lowest BCUT2D eigenvalue weighted by atomic mass is 10.0. The highest BCUT2D eigenvalue weighted by Gasteiger charge is 2.22. The summed E-state index contributed by atoms with van der Waals surface area (Å²) in [7, 11) is 0. The van der Waals surface area contributed by atoms with E-state index in [2.05, 4.69) is 12.2 Å². The van der Waals surface area contributed by atoms with E-state index >= 15 is 0 Å². The summed E-state index contributed by atoms with van der Waals surface area (Å²) in [6.07, 6.45) is 1.10. The molecule has 0 amide bonds. The predicted octanol–water partition coefficient (Wildman–Crippen LogP) is 4.30. The zero-order valence-corrected chi connectivity index (χ0v) is 15.5. The highest BCUT2D eigenvalue weighted by Crippen LogP contribution is 2.39. The molecule has 0 aliphatic carbocycles. The van der Waals surface area contributed by atoms with Crippen molar-refractivity contribution in [1.82, 2.24) is 0 Å². The molecule has 2 N–H and O–H groups in total. The van der Waals surface area contributed by atoms with Crippen LogP contribution in [0.5, 0.6) is 17.2 Å². The molecule has 1 unspecified atom stereocenters. The number of benzene rings is 2. The summed E-state index contributed by atoms with van der Waals surface area (Å²) in [6, 6.07) is 11.8. The Hall–Kier alpha value is -2.40. The normalized spacial score (nSPS) is 15.7. The van der Waals surface area contributed by atoms with Gasteiger partial charge in [-0.25, -0.2) is 0 Å². The summed E-state index contributed by atoms with van der Waals surface area (Å²) in [5, 5.41) is 13.6. The quantitative estimate of drug-likeness (QED) is 0.737. The lowest BCUT2D eigenvalue weighted by molar-refractivity contribution is 0.116. The fourth-order valence-corrected chi connectivity index (χ4v) is 3.07. The average Bonchev–Trinajstić information content (AvgIpc) is 2.66. The fraction of sp³-hybridized carbons (Fsp3) is 0.429. The second-order valence-corrected chi connectivity index (χ2v) is 6.26. The minimum atomic E-state index is -0.467. The van der Waals surface area contributed by atoms with Crippen LogP contribution in [0.1, 0.15) is 43.9 Å². The maximum Gasteiger partial charge on any atom is 0.166 e. The van der Waals surface area contributed by atoms with Crippen LogP contribution in [-0.4, -0.2) is 24.9 Å². The standard InChI is InChI=1S/C21H27NO4/c1-3-12-25-20-15(7-5-10-19(20)24-4-2)14-22-17-9-6-8-16-18(23)11-13-26-21(16)17/h5-10,18,22-23H,3-4,11-14H2,1-2H3. The van der Waals surface area contributed by atoms with Crippen molar-refractivity contribution in [3.8, 4) is 17.2 Å². The molecule has 0 radical (unpaired) electrons. The number of aliphatic hydroxyl groups is 1. The van der Waals surface area contributed by atoms with Crippen molar-refractivity contribution in [3.05, 3.63) is 47.5 Å². The van der Waals surface area contributed by atoms with Crippen molar-refractivity contribution >= 4 is 5.69 Å². The van der Waals surface area contributed by atoms with Gasteiger partial charge in [-0.1, -0.05) is 31.2 Å². The first-order chi connectivity index (χ1) is 12.7. The van der Waals surface area contributed by atoms with Gasteiger partial charge in [0.2, 0.25) is 0 Å². The molecule has 26 heavy (non-hydrogen) atoms. The van der Waals surface area contributed by atoms with Crippen LogP contribution in [0, 0.1) is 0 Å². The third-order valence-electron chi connectivity index (χ3n) is 4.32. The van der Waals surface area contributed by atoms with Crippen LogP contribution in [0.25, 0.3) is 0 Å². The minimum Gasteiger partial charge on any atom is -0.491 e. The van der Waals surface area contributed by atoms with Gasteiger partial charge in [-0.05, 0) is 25.5 Å². The van der Waals surface area contributed by atoms with Crippen LogP contribution in [-0.2, 0) is 6.54 Å². The van der Waals surface area contributed by atoms with Gasteiger partial charge in [0.1, 0.15) is 5.75 Å². The van der Waals surface area contributed by atoms with Crippen molar-refractivity contribution in [1.29, 1.82) is 0 Å². The summed E-state index contributed by atoms with van der Waals surface area (Å²) >= 11 is 0. The molecule has 0 saturated heterocycles. The van der Waals surface area contributed by atoms with Crippen LogP contribution in [0.15, 0.2) is 36.4 Å². The molecule has 1 atom stereocenters. The first kappa shape index (κ1) is 18.4. The van der Waals surface area contributed by atoms with E-state index in [0.29, 0.717) is 32.8 Å².